The van der Waals surface area contributed by atoms with Gasteiger partial charge in [-0.1, -0.05) is 18.9 Å². The Morgan fingerprint density at radius 1 is 0.855 bits per heavy atom. The van der Waals surface area contributed by atoms with E-state index in [1.54, 1.807) is 21.8 Å². The molecule has 2 N–H and O–H groups in total. The number of nitriles is 1. The molecule has 5 aromatic rings. The number of nitrogens with zero attached hydrogens (tertiary/aromatic N) is 10. The van der Waals surface area contributed by atoms with Gasteiger partial charge in [-0.25, -0.2) is 18.3 Å². The van der Waals surface area contributed by atoms with Gasteiger partial charge in [-0.3, -0.25) is 39.1 Å². The maximum absolute atomic E-state index is 14.9. The molecule has 2 aromatic carbocycles. The Bertz CT molecular complexity index is 3030. The fourth-order valence-electron chi connectivity index (χ4n) is 11.5. The van der Waals surface area contributed by atoms with E-state index >= 15 is 0 Å². The van der Waals surface area contributed by atoms with Crippen molar-refractivity contribution in [1.82, 2.24) is 44.8 Å². The molecule has 5 amide bonds. The Hall–Kier alpha value is -7.50. The van der Waals surface area contributed by atoms with Crippen LogP contribution in [0, 0.1) is 23.0 Å². The van der Waals surface area contributed by atoms with Crippen LogP contribution in [0.25, 0.3) is 16.6 Å². The third kappa shape index (κ3) is 11.4. The molecular formula is C56H64F2N12O6. The van der Waals surface area contributed by atoms with E-state index in [4.69, 9.17) is 9.72 Å². The molecule has 0 saturated carbocycles. The highest BCUT2D eigenvalue weighted by molar-refractivity contribution is 6.05. The Morgan fingerprint density at radius 2 is 1.63 bits per heavy atom. The standard InChI is InChI=1S/C56H64F2N12O6/c1-2-76-43-31-44(52-40(32-59)34-61-70(52)36-43)38-9-14-49(60-33-38)67-19-16-56(17-20-67,63-53(73)46-29-41(57)10-12-47(46)58)37-65-23-27-68(28-24-65)51(72)7-5-3-4-6-18-64-21-25-66(26-22-64)42-11-8-39-35-69(55(75)45(39)30-42)48-13-15-50(71)62-54(48)74/h8-12,14,29-31,33-34,36,48H,2-7,13,15-28,35,37H2,1H3,(H,63,73)(H,62,71,74)/t48-/m1/s1. The quantitative estimate of drug-likeness (QED) is 0.0891. The summed E-state index contributed by atoms with van der Waals surface area (Å²) >= 11 is 0. The number of rotatable bonds is 17. The molecule has 1 atom stereocenters. The topological polar surface area (TPSA) is 192 Å². The molecule has 76 heavy (non-hydrogen) atoms. The summed E-state index contributed by atoms with van der Waals surface area (Å²) in [5.41, 5.74) is 4.07. The third-order valence-corrected chi connectivity index (χ3v) is 15.8. The van der Waals surface area contributed by atoms with E-state index in [2.05, 4.69) is 47.5 Å². The third-order valence-electron chi connectivity index (χ3n) is 15.8. The fraction of sp³-hybridized carbons (Fsp3) is 0.464. The summed E-state index contributed by atoms with van der Waals surface area (Å²) in [5.74, 6) is -1.52. The number of ether oxygens (including phenoxy) is 1. The number of piperazine rings is 2. The first-order valence-corrected chi connectivity index (χ1v) is 26.7. The molecule has 5 aliphatic rings. The van der Waals surface area contributed by atoms with Crippen LogP contribution in [-0.4, -0.2) is 160 Å². The molecule has 18 nitrogen and oxygen atoms in total. The molecule has 20 heteroatoms. The van der Waals surface area contributed by atoms with E-state index in [0.717, 1.165) is 105 Å². The van der Waals surface area contributed by atoms with Crippen molar-refractivity contribution in [2.75, 3.05) is 94.9 Å². The number of anilines is 2. The molecule has 398 valence electrons. The van der Waals surface area contributed by atoms with Crippen molar-refractivity contribution in [3.63, 3.8) is 0 Å². The summed E-state index contributed by atoms with van der Waals surface area (Å²) in [6.45, 7) is 11.2. The number of hydrogen-bond acceptors (Lipinski definition) is 13. The molecule has 0 aliphatic carbocycles. The van der Waals surface area contributed by atoms with Crippen molar-refractivity contribution >= 4 is 46.6 Å². The molecule has 8 heterocycles. The van der Waals surface area contributed by atoms with Crippen molar-refractivity contribution in [2.24, 2.45) is 0 Å². The van der Waals surface area contributed by atoms with E-state index in [1.807, 2.05) is 42.2 Å². The zero-order valence-corrected chi connectivity index (χ0v) is 42.9. The number of pyridine rings is 2. The van der Waals surface area contributed by atoms with Crippen molar-refractivity contribution in [1.29, 1.82) is 5.26 Å². The van der Waals surface area contributed by atoms with Crippen molar-refractivity contribution in [3.8, 4) is 22.9 Å². The van der Waals surface area contributed by atoms with Crippen LogP contribution >= 0.6 is 0 Å². The van der Waals surface area contributed by atoms with Crippen LogP contribution in [-0.2, 0) is 20.9 Å². The van der Waals surface area contributed by atoms with Crippen LogP contribution in [0.5, 0.6) is 5.75 Å². The minimum atomic E-state index is -0.795. The normalized spacial score (nSPS) is 19.2. The number of carbonyl (C=O) groups is 5. The van der Waals surface area contributed by atoms with E-state index in [0.29, 0.717) is 107 Å². The monoisotopic (exact) mass is 1040 g/mol. The van der Waals surface area contributed by atoms with Gasteiger partial charge in [0.05, 0.1) is 41.2 Å². The Labute approximate surface area is 440 Å². The minimum Gasteiger partial charge on any atom is -0.492 e. The number of fused-ring (bicyclic) bond motifs is 2. The highest BCUT2D eigenvalue weighted by atomic mass is 19.1. The van der Waals surface area contributed by atoms with E-state index in [9.17, 15) is 38.0 Å². The summed E-state index contributed by atoms with van der Waals surface area (Å²) in [7, 11) is 0. The molecule has 0 spiro atoms. The van der Waals surface area contributed by atoms with Gasteiger partial charge in [0.2, 0.25) is 17.7 Å². The second-order valence-electron chi connectivity index (χ2n) is 20.6. The van der Waals surface area contributed by atoms with Gasteiger partial charge in [0.25, 0.3) is 11.8 Å². The Balaban J connectivity index is 0.670. The number of nitrogens with one attached hydrogen (secondary N) is 2. The second-order valence-corrected chi connectivity index (χ2v) is 20.6. The largest absolute Gasteiger partial charge is 0.492 e. The lowest BCUT2D eigenvalue weighted by atomic mass is 9.86. The summed E-state index contributed by atoms with van der Waals surface area (Å²) < 4.78 is 36.6. The lowest BCUT2D eigenvalue weighted by Crippen LogP contribution is -2.62. The highest BCUT2D eigenvalue weighted by Crippen LogP contribution is 2.34. The predicted octanol–water partition coefficient (Wildman–Crippen LogP) is 5.39. The van der Waals surface area contributed by atoms with Crippen LogP contribution in [0.3, 0.4) is 0 Å². The molecule has 0 bridgehead atoms. The first-order valence-electron chi connectivity index (χ1n) is 26.7. The van der Waals surface area contributed by atoms with Gasteiger partial charge in [0.15, 0.2) is 0 Å². The molecule has 0 unspecified atom stereocenters. The van der Waals surface area contributed by atoms with Crippen LogP contribution in [0.2, 0.25) is 0 Å². The minimum absolute atomic E-state index is 0.145. The fourth-order valence-corrected chi connectivity index (χ4v) is 11.5. The number of amides is 5. The SMILES string of the molecule is CCOc1cc(-c2ccc(N3CCC(CN4CCN(C(=O)CCCCCCN5CCN(c6ccc7c(c6)C(=O)N([C@@H]6CCC(=O)NC6=O)C7)CC5)CC4)(NC(=O)c4cc(F)ccc4F)CC3)nc2)c2c(C#N)cnn2c1. The van der Waals surface area contributed by atoms with Gasteiger partial charge in [-0.05, 0) is 99.7 Å². The zero-order valence-electron chi connectivity index (χ0n) is 42.9. The first kappa shape index (κ1) is 52.0. The average Bonchev–Trinajstić information content (AvgIpc) is 4.01. The lowest BCUT2D eigenvalue weighted by Gasteiger charge is -2.46. The summed E-state index contributed by atoms with van der Waals surface area (Å²) in [4.78, 5) is 82.1. The van der Waals surface area contributed by atoms with Crippen LogP contribution in [0.4, 0.5) is 20.3 Å². The van der Waals surface area contributed by atoms with E-state index in [1.165, 1.54) is 6.20 Å². The number of hydrogen-bond donors (Lipinski definition) is 2. The number of piperidine rings is 2. The zero-order chi connectivity index (χ0) is 52.9. The van der Waals surface area contributed by atoms with Gasteiger partial charge < -0.3 is 29.7 Å². The average molecular weight is 1040 g/mol. The van der Waals surface area contributed by atoms with Gasteiger partial charge in [0, 0.05) is 120 Å². The smallest absolute Gasteiger partial charge is 0.255 e. The van der Waals surface area contributed by atoms with Gasteiger partial charge >= 0.3 is 0 Å². The van der Waals surface area contributed by atoms with Crippen LogP contribution in [0.1, 0.15) is 96.6 Å². The number of imide groups is 1. The van der Waals surface area contributed by atoms with E-state index in [-0.39, 0.29) is 29.7 Å². The number of unbranched alkanes of at least 4 members (excludes halogenated alkanes) is 3. The first-order chi connectivity index (χ1) is 36.9. The molecule has 4 fully saturated rings. The Kier molecular flexibility index (Phi) is 15.6. The predicted molar refractivity (Wildman–Crippen MR) is 280 cm³/mol. The van der Waals surface area contributed by atoms with Gasteiger partial charge in [-0.2, -0.15) is 10.4 Å². The van der Waals surface area contributed by atoms with E-state index < -0.39 is 35.0 Å². The molecule has 4 saturated heterocycles. The Morgan fingerprint density at radius 3 is 2.37 bits per heavy atom. The molecular weight excluding hydrogens is 975 g/mol. The highest BCUT2D eigenvalue weighted by Gasteiger charge is 2.41. The van der Waals surface area contributed by atoms with Crippen LogP contribution in [0.15, 0.2) is 73.2 Å². The maximum Gasteiger partial charge on any atom is 0.255 e. The van der Waals surface area contributed by atoms with Crippen molar-refractivity contribution < 1.29 is 37.5 Å². The summed E-state index contributed by atoms with van der Waals surface area (Å²) in [6.07, 6.45) is 11.0. The molecule has 10 rings (SSSR count). The number of halogens is 2. The summed E-state index contributed by atoms with van der Waals surface area (Å²) in [5, 5.41) is 19.7. The number of benzene rings is 2. The summed E-state index contributed by atoms with van der Waals surface area (Å²) in [6, 6.07) is 16.2. The van der Waals surface area contributed by atoms with Crippen molar-refractivity contribution in [3.05, 3.63) is 107 Å². The molecule has 3 aromatic heterocycles. The van der Waals surface area contributed by atoms with Gasteiger partial charge in [0.1, 0.15) is 35.3 Å². The van der Waals surface area contributed by atoms with Crippen molar-refractivity contribution in [2.45, 2.75) is 82.8 Å². The lowest BCUT2D eigenvalue weighted by molar-refractivity contribution is -0.137. The van der Waals surface area contributed by atoms with Gasteiger partial charge in [-0.15, -0.1) is 0 Å². The number of aromatic nitrogens is 3. The molecule has 0 radical (unpaired) electrons. The molecule has 5 aliphatic heterocycles. The maximum atomic E-state index is 14.9. The van der Waals surface area contributed by atoms with Crippen LogP contribution < -0.4 is 25.2 Å². The number of carbonyl (C=O) groups excluding carboxylic acids is 5. The second kappa shape index (κ2) is 22.8.